The minimum absolute atomic E-state index is 0.0428. The smallest absolute Gasteiger partial charge is 0.273 e. The number of piperidine rings is 1. The van der Waals surface area contributed by atoms with Crippen molar-refractivity contribution in [3.05, 3.63) is 106 Å². The third kappa shape index (κ3) is 7.64. The number of hydrogen-bond acceptors (Lipinski definition) is 2. The maximum Gasteiger partial charge on any atom is 0.273 e. The molecule has 1 saturated heterocycles. The summed E-state index contributed by atoms with van der Waals surface area (Å²) < 4.78 is 57.4. The summed E-state index contributed by atoms with van der Waals surface area (Å²) in [6, 6.07) is 19.6. The number of aromatic nitrogens is 1. The standard InChI is InChI=1S/C40H47F4N3O/c1-4-40(43,44)32-16-9-29(10-17-32)26-47-23-21-33(22-24-47)45-38(48)30-13-20-37-35(25-30)34-18-11-28(12-19-36(34)46(37)3)6-5-27-7-14-31(15-8-27)39(2,41)42/h7-10,13-17,20,25,28,33H,4-6,11-12,18-19,21-24,26H2,1-3H3,(H,45,48). The first-order chi connectivity index (χ1) is 22.9. The number of nitrogens with one attached hydrogen (secondary N) is 1. The molecule has 256 valence electrons. The molecule has 8 heteroatoms. The van der Waals surface area contributed by atoms with Gasteiger partial charge in [-0.05, 0) is 92.2 Å². The predicted molar refractivity (Wildman–Crippen MR) is 184 cm³/mol. The number of rotatable bonds is 10. The van der Waals surface area contributed by atoms with Gasteiger partial charge in [-0.1, -0.05) is 55.5 Å². The van der Waals surface area contributed by atoms with Gasteiger partial charge in [0.15, 0.2) is 0 Å². The largest absolute Gasteiger partial charge is 0.349 e. The molecule has 4 aromatic rings. The van der Waals surface area contributed by atoms with Crippen molar-refractivity contribution < 1.29 is 22.4 Å². The molecule has 2 heterocycles. The Labute approximate surface area is 281 Å². The number of aryl methyl sites for hydroxylation is 3. The van der Waals surface area contributed by atoms with Crippen LogP contribution in [-0.2, 0) is 44.7 Å². The van der Waals surface area contributed by atoms with Crippen LogP contribution in [0, 0.1) is 5.92 Å². The van der Waals surface area contributed by atoms with Crippen LogP contribution < -0.4 is 5.32 Å². The summed E-state index contributed by atoms with van der Waals surface area (Å²) in [5, 5.41) is 4.43. The molecule has 1 aliphatic carbocycles. The summed E-state index contributed by atoms with van der Waals surface area (Å²) in [6.45, 7) is 4.81. The topological polar surface area (TPSA) is 37.3 Å². The van der Waals surface area contributed by atoms with Gasteiger partial charge < -0.3 is 9.88 Å². The zero-order chi connectivity index (χ0) is 34.1. The number of likely N-dealkylation sites (tertiary alicyclic amines) is 1. The fraction of sp³-hybridized carbons (Fsp3) is 0.475. The molecule has 1 amide bonds. The molecule has 48 heavy (non-hydrogen) atoms. The zero-order valence-corrected chi connectivity index (χ0v) is 28.3. The van der Waals surface area contributed by atoms with Gasteiger partial charge >= 0.3 is 0 Å². The highest BCUT2D eigenvalue weighted by Gasteiger charge is 2.29. The number of fused-ring (bicyclic) bond motifs is 3. The molecule has 0 saturated carbocycles. The molecule has 4 nitrogen and oxygen atoms in total. The molecular formula is C40H47F4N3O. The molecule has 1 aliphatic heterocycles. The van der Waals surface area contributed by atoms with E-state index in [0.29, 0.717) is 18.0 Å². The van der Waals surface area contributed by atoms with Crippen molar-refractivity contribution >= 4 is 16.8 Å². The molecule has 1 fully saturated rings. The minimum Gasteiger partial charge on any atom is -0.349 e. The van der Waals surface area contributed by atoms with Gasteiger partial charge in [0.25, 0.3) is 17.8 Å². The lowest BCUT2D eigenvalue weighted by Crippen LogP contribution is -2.44. The number of nitrogens with zero attached hydrogens (tertiary/aromatic N) is 2. The van der Waals surface area contributed by atoms with E-state index in [2.05, 4.69) is 34.0 Å². The number of amides is 1. The average molecular weight is 662 g/mol. The first kappa shape index (κ1) is 34.2. The maximum absolute atomic E-state index is 14.0. The van der Waals surface area contributed by atoms with Gasteiger partial charge in [0.05, 0.1) is 0 Å². The van der Waals surface area contributed by atoms with Crippen LogP contribution in [0.2, 0.25) is 0 Å². The second kappa shape index (κ2) is 14.1. The summed E-state index contributed by atoms with van der Waals surface area (Å²) in [7, 11) is 2.12. The van der Waals surface area contributed by atoms with Crippen molar-refractivity contribution in [2.24, 2.45) is 13.0 Å². The van der Waals surface area contributed by atoms with Gasteiger partial charge in [-0.3, -0.25) is 9.69 Å². The Kier molecular flexibility index (Phi) is 10.0. The van der Waals surface area contributed by atoms with Crippen LogP contribution in [0.1, 0.15) is 96.2 Å². The Morgan fingerprint density at radius 2 is 1.50 bits per heavy atom. The van der Waals surface area contributed by atoms with Gasteiger partial charge in [0.1, 0.15) is 0 Å². The van der Waals surface area contributed by atoms with Crippen molar-refractivity contribution in [2.45, 2.75) is 96.1 Å². The van der Waals surface area contributed by atoms with Crippen molar-refractivity contribution in [2.75, 3.05) is 13.1 Å². The van der Waals surface area contributed by atoms with E-state index in [9.17, 15) is 22.4 Å². The van der Waals surface area contributed by atoms with Gasteiger partial charge in [-0.15, -0.1) is 0 Å². The number of carbonyl (C=O) groups is 1. The van der Waals surface area contributed by atoms with Crippen molar-refractivity contribution in [1.82, 2.24) is 14.8 Å². The maximum atomic E-state index is 14.0. The zero-order valence-electron chi connectivity index (χ0n) is 28.3. The number of benzene rings is 3. The van der Waals surface area contributed by atoms with Gasteiger partial charge in [-0.2, -0.15) is 0 Å². The highest BCUT2D eigenvalue weighted by Crippen LogP contribution is 2.35. The third-order valence-electron chi connectivity index (χ3n) is 10.7. The van der Waals surface area contributed by atoms with E-state index in [1.165, 1.54) is 30.3 Å². The SMILES string of the molecule is CCC(F)(F)c1ccc(CN2CCC(NC(=O)c3ccc4c(c3)c3c(n4C)CCC(CCc4ccc(C(C)(F)F)cc4)CC3)CC2)cc1. The summed E-state index contributed by atoms with van der Waals surface area (Å²) in [5.74, 6) is -5.09. The lowest BCUT2D eigenvalue weighted by atomic mass is 9.91. The quantitative estimate of drug-likeness (QED) is 0.136. The summed E-state index contributed by atoms with van der Waals surface area (Å²) in [5.41, 5.74) is 6.77. The molecule has 1 N–H and O–H groups in total. The first-order valence-electron chi connectivity index (χ1n) is 17.5. The Bertz CT molecular complexity index is 1710. The number of carbonyl (C=O) groups excluding carboxylic acids is 1. The van der Waals surface area contributed by atoms with Crippen molar-refractivity contribution in [3.63, 3.8) is 0 Å². The van der Waals surface area contributed by atoms with E-state index >= 15 is 0 Å². The van der Waals surface area contributed by atoms with Crippen LogP contribution in [-0.4, -0.2) is 34.5 Å². The lowest BCUT2D eigenvalue weighted by Gasteiger charge is -2.32. The Balaban J connectivity index is 1.03. The van der Waals surface area contributed by atoms with Crippen LogP contribution in [0.4, 0.5) is 17.6 Å². The van der Waals surface area contributed by atoms with E-state index in [1.54, 1.807) is 24.3 Å². The highest BCUT2D eigenvalue weighted by atomic mass is 19.3. The molecule has 0 bridgehead atoms. The second-order valence-electron chi connectivity index (χ2n) is 14.1. The molecule has 3 aromatic carbocycles. The van der Waals surface area contributed by atoms with Crippen LogP contribution in [0.15, 0.2) is 66.7 Å². The fourth-order valence-corrected chi connectivity index (χ4v) is 7.59. The molecule has 0 spiro atoms. The van der Waals surface area contributed by atoms with Crippen molar-refractivity contribution in [1.29, 1.82) is 0 Å². The molecular weight excluding hydrogens is 614 g/mol. The fourth-order valence-electron chi connectivity index (χ4n) is 7.59. The lowest BCUT2D eigenvalue weighted by molar-refractivity contribution is -0.00833. The number of halogens is 4. The van der Waals surface area contributed by atoms with Gasteiger partial charge in [0, 0.05) is 79.4 Å². The van der Waals surface area contributed by atoms with E-state index in [4.69, 9.17) is 0 Å². The third-order valence-corrected chi connectivity index (χ3v) is 10.7. The Morgan fingerprint density at radius 3 is 2.17 bits per heavy atom. The number of hydrogen-bond donors (Lipinski definition) is 1. The Morgan fingerprint density at radius 1 is 0.854 bits per heavy atom. The normalized spacial score (nSPS) is 18.1. The summed E-state index contributed by atoms with van der Waals surface area (Å²) in [6.07, 6.45) is 7.51. The molecule has 1 unspecified atom stereocenters. The summed E-state index contributed by atoms with van der Waals surface area (Å²) in [4.78, 5) is 15.7. The molecule has 0 radical (unpaired) electrons. The van der Waals surface area contributed by atoms with Crippen LogP contribution >= 0.6 is 0 Å². The number of alkyl halides is 4. The molecule has 1 atom stereocenters. The van der Waals surface area contributed by atoms with E-state index in [1.807, 2.05) is 18.2 Å². The van der Waals surface area contributed by atoms with E-state index < -0.39 is 11.8 Å². The molecule has 2 aliphatic rings. The van der Waals surface area contributed by atoms with Crippen LogP contribution in [0.5, 0.6) is 0 Å². The average Bonchev–Trinajstić information content (AvgIpc) is 3.19. The monoisotopic (exact) mass is 661 g/mol. The summed E-state index contributed by atoms with van der Waals surface area (Å²) >= 11 is 0. The van der Waals surface area contributed by atoms with E-state index in [0.717, 1.165) is 93.4 Å². The van der Waals surface area contributed by atoms with Crippen LogP contribution in [0.25, 0.3) is 10.9 Å². The van der Waals surface area contributed by atoms with Gasteiger partial charge in [-0.25, -0.2) is 17.6 Å². The van der Waals surface area contributed by atoms with E-state index in [-0.39, 0.29) is 29.5 Å². The van der Waals surface area contributed by atoms with Gasteiger partial charge in [0.2, 0.25) is 0 Å². The minimum atomic E-state index is -2.82. The Hall–Kier alpha value is -3.65. The highest BCUT2D eigenvalue weighted by molar-refractivity contribution is 5.99. The molecule has 6 rings (SSSR count). The first-order valence-corrected chi connectivity index (χ1v) is 17.5. The van der Waals surface area contributed by atoms with Crippen LogP contribution in [0.3, 0.4) is 0 Å². The predicted octanol–water partition coefficient (Wildman–Crippen LogP) is 9.31. The molecule has 1 aromatic heterocycles. The second-order valence-corrected chi connectivity index (χ2v) is 14.1. The van der Waals surface area contributed by atoms with Crippen molar-refractivity contribution in [3.8, 4) is 0 Å².